The molecule has 368 valence electrons. The molecule has 9 unspecified atom stereocenters. The van der Waals surface area contributed by atoms with Gasteiger partial charge in [-0.05, 0) is 67.9 Å². The fraction of sp³-hybridized carbons (Fsp3) is 0.458. The summed E-state index contributed by atoms with van der Waals surface area (Å²) in [5.74, 6) is -7.26. The predicted molar refractivity (Wildman–Crippen MR) is 248 cm³/mol. The third kappa shape index (κ3) is 16.2. The van der Waals surface area contributed by atoms with Gasteiger partial charge in [-0.1, -0.05) is 86.6 Å². The number of carboxylic acids is 1. The number of carboxylic acid groups (broad SMARTS) is 1. The fourth-order valence-electron chi connectivity index (χ4n) is 7.75. The summed E-state index contributed by atoms with van der Waals surface area (Å²) in [4.78, 5) is 110. The average Bonchev–Trinajstić information content (AvgIpc) is 3.80. The highest BCUT2D eigenvalue weighted by Crippen LogP contribution is 2.21. The van der Waals surface area contributed by atoms with Crippen molar-refractivity contribution in [2.24, 2.45) is 11.7 Å². The summed E-state index contributed by atoms with van der Waals surface area (Å²) in [6, 6.07) is 13.7. The second-order valence-electron chi connectivity index (χ2n) is 17.4. The number of hydrogen-bond acceptors (Lipinski definition) is 12. The van der Waals surface area contributed by atoms with Gasteiger partial charge in [0.2, 0.25) is 41.4 Å². The molecular formula is C48H64N8O12. The number of phenolic OH excluding ortho intramolecular Hbond substituents is 1. The zero-order valence-corrected chi connectivity index (χ0v) is 38.6. The molecule has 1 saturated heterocycles. The van der Waals surface area contributed by atoms with Gasteiger partial charge in [-0.3, -0.25) is 33.6 Å². The van der Waals surface area contributed by atoms with Crippen molar-refractivity contribution in [1.29, 1.82) is 0 Å². The monoisotopic (exact) mass is 944 g/mol. The van der Waals surface area contributed by atoms with Crippen LogP contribution in [0.3, 0.4) is 0 Å². The fourth-order valence-corrected chi connectivity index (χ4v) is 7.75. The van der Waals surface area contributed by atoms with Gasteiger partial charge in [-0.2, -0.15) is 0 Å². The molecule has 4 rings (SSSR count). The van der Waals surface area contributed by atoms with E-state index in [0.29, 0.717) is 23.1 Å². The molecular weight excluding hydrogens is 881 g/mol. The number of aliphatic carboxylic acids is 1. The van der Waals surface area contributed by atoms with Crippen molar-refractivity contribution < 1.29 is 58.8 Å². The molecule has 1 aliphatic heterocycles. The van der Waals surface area contributed by atoms with Gasteiger partial charge in [-0.15, -0.1) is 0 Å². The Labute approximate surface area is 394 Å². The Kier molecular flexibility index (Phi) is 20.4. The van der Waals surface area contributed by atoms with Gasteiger partial charge in [0.15, 0.2) is 6.04 Å². The maximum atomic E-state index is 14.4. The van der Waals surface area contributed by atoms with E-state index in [1.165, 1.54) is 43.0 Å². The first-order valence-corrected chi connectivity index (χ1v) is 22.5. The minimum absolute atomic E-state index is 0.0565. The lowest BCUT2D eigenvalue weighted by molar-refractivity contribution is -0.147. The Morgan fingerprint density at radius 1 is 0.603 bits per heavy atom. The van der Waals surface area contributed by atoms with Crippen molar-refractivity contribution in [3.63, 3.8) is 0 Å². The van der Waals surface area contributed by atoms with Crippen LogP contribution in [0.2, 0.25) is 0 Å². The zero-order valence-electron chi connectivity index (χ0n) is 38.6. The van der Waals surface area contributed by atoms with Crippen molar-refractivity contribution in [1.82, 2.24) is 36.8 Å². The van der Waals surface area contributed by atoms with E-state index in [9.17, 15) is 58.8 Å². The molecule has 0 spiro atoms. The van der Waals surface area contributed by atoms with Crippen LogP contribution in [-0.2, 0) is 57.6 Å². The molecule has 20 heteroatoms. The van der Waals surface area contributed by atoms with Gasteiger partial charge in [0.25, 0.3) is 0 Å². The third-order valence-corrected chi connectivity index (χ3v) is 11.3. The van der Waals surface area contributed by atoms with Crippen molar-refractivity contribution in [2.45, 2.75) is 121 Å². The van der Waals surface area contributed by atoms with E-state index in [0.717, 1.165) is 0 Å². The maximum absolute atomic E-state index is 14.4. The number of amides is 7. The Morgan fingerprint density at radius 2 is 1.06 bits per heavy atom. The molecule has 9 atom stereocenters. The van der Waals surface area contributed by atoms with Crippen LogP contribution in [0.4, 0.5) is 0 Å². The Balaban J connectivity index is 1.60. The van der Waals surface area contributed by atoms with Gasteiger partial charge in [-0.25, -0.2) is 4.79 Å². The number of carbonyl (C=O) groups excluding carboxylic acids is 7. The largest absolute Gasteiger partial charge is 0.508 e. The third-order valence-electron chi connectivity index (χ3n) is 11.3. The first-order chi connectivity index (χ1) is 32.3. The molecule has 1 aliphatic rings. The van der Waals surface area contributed by atoms with Gasteiger partial charge in [0, 0.05) is 25.8 Å². The van der Waals surface area contributed by atoms with E-state index < -0.39 is 108 Å². The number of nitrogens with zero attached hydrogens (tertiary/aromatic N) is 1. The minimum atomic E-state index is -1.70. The molecule has 0 radical (unpaired) electrons. The zero-order chi connectivity index (χ0) is 50.1. The number of nitrogens with one attached hydrogen (secondary N) is 6. The Hall–Kier alpha value is -6.90. The second kappa shape index (κ2) is 25.9. The molecule has 0 aromatic heterocycles. The molecule has 0 saturated carbocycles. The van der Waals surface area contributed by atoms with E-state index >= 15 is 0 Å². The average molecular weight is 945 g/mol. The summed E-state index contributed by atoms with van der Waals surface area (Å²) in [7, 11) is 0. The van der Waals surface area contributed by atoms with Crippen molar-refractivity contribution in [3.8, 4) is 5.75 Å². The number of likely N-dealkylation sites (tertiary alicyclic amines) is 1. The van der Waals surface area contributed by atoms with Crippen LogP contribution < -0.4 is 37.6 Å². The number of aliphatic hydroxyl groups excluding tert-OH is 2. The number of rotatable bonds is 24. The number of nitrogens with two attached hydrogens (primary N) is 1. The van der Waals surface area contributed by atoms with E-state index in [-0.39, 0.29) is 50.3 Å². The van der Waals surface area contributed by atoms with E-state index in [1.807, 2.05) is 0 Å². The number of aliphatic hydroxyl groups is 2. The second-order valence-corrected chi connectivity index (χ2v) is 17.4. The summed E-state index contributed by atoms with van der Waals surface area (Å²) in [6.07, 6.45) is -2.57. The van der Waals surface area contributed by atoms with Crippen molar-refractivity contribution in [3.05, 3.63) is 102 Å². The summed E-state index contributed by atoms with van der Waals surface area (Å²) in [5, 5.41) is 55.8. The van der Waals surface area contributed by atoms with E-state index in [1.54, 1.807) is 74.5 Å². The summed E-state index contributed by atoms with van der Waals surface area (Å²) < 4.78 is 0. The quantitative estimate of drug-likeness (QED) is 0.0524. The first kappa shape index (κ1) is 53.7. The maximum Gasteiger partial charge on any atom is 0.328 e. The van der Waals surface area contributed by atoms with Crippen molar-refractivity contribution in [2.75, 3.05) is 13.1 Å². The number of carbonyl (C=O) groups is 8. The topological polar surface area (TPSA) is 319 Å². The first-order valence-electron chi connectivity index (χ1n) is 22.5. The van der Waals surface area contributed by atoms with Crippen molar-refractivity contribution >= 4 is 47.3 Å². The highest BCUT2D eigenvalue weighted by molar-refractivity contribution is 5.98. The van der Waals surface area contributed by atoms with Gasteiger partial charge in [0.05, 0.1) is 18.8 Å². The van der Waals surface area contributed by atoms with Gasteiger partial charge < -0.3 is 63.0 Å². The minimum Gasteiger partial charge on any atom is -0.508 e. The normalized spacial score (nSPS) is 16.9. The molecule has 3 aromatic carbocycles. The van der Waals surface area contributed by atoms with Crippen LogP contribution in [0, 0.1) is 5.92 Å². The SMILES string of the molecule is CC(C)CC(NC(=O)C(NC(=O)C(Cc1ccc(O)cc1)NC(=O)C(Cc1ccccc1)NC(=O)C(Cc1ccccc1)NC(=O)CN)C(C)O)C(=O)N1CCCC1C(=O)NC(C(=O)O)C(C)O. The van der Waals surface area contributed by atoms with Crippen LogP contribution in [0.5, 0.6) is 5.75 Å². The van der Waals surface area contributed by atoms with E-state index in [2.05, 4.69) is 31.9 Å². The van der Waals surface area contributed by atoms with Crippen LogP contribution in [0.1, 0.15) is 63.6 Å². The molecule has 0 aliphatic carbocycles. The molecule has 0 bridgehead atoms. The highest BCUT2D eigenvalue weighted by atomic mass is 16.4. The molecule has 7 amide bonds. The standard InChI is InChI=1S/C48H64N8O12/c1-27(2)22-37(47(66)56-21-11-16-38(56)45(64)55-41(29(4)58)48(67)68)53-46(65)40(28(3)57)54-44(63)36(25-32-17-19-33(59)20-18-32)52-43(62)35(24-31-14-9-6-10-15-31)51-42(61)34(50-39(60)26-49)23-30-12-7-5-8-13-30/h5-10,12-15,17-20,27-29,34-38,40-41,57-59H,11,16,21-26,49H2,1-4H3,(H,50,60)(H,51,61)(H,52,62)(H,53,65)(H,54,63)(H,55,64)(H,67,68). The van der Waals surface area contributed by atoms with Gasteiger partial charge in [0.1, 0.15) is 42.0 Å². The Bertz CT molecular complexity index is 2190. The molecule has 3 aromatic rings. The van der Waals surface area contributed by atoms with Crippen LogP contribution in [0.25, 0.3) is 0 Å². The lowest BCUT2D eigenvalue weighted by Gasteiger charge is -2.32. The predicted octanol–water partition coefficient (Wildman–Crippen LogP) is -0.829. The van der Waals surface area contributed by atoms with Crippen LogP contribution in [0.15, 0.2) is 84.9 Å². The number of hydrogen-bond donors (Lipinski definition) is 11. The molecule has 68 heavy (non-hydrogen) atoms. The summed E-state index contributed by atoms with van der Waals surface area (Å²) in [5.41, 5.74) is 7.38. The molecule has 12 N–H and O–H groups in total. The highest BCUT2D eigenvalue weighted by Gasteiger charge is 2.41. The van der Waals surface area contributed by atoms with Crippen LogP contribution >= 0.6 is 0 Å². The summed E-state index contributed by atoms with van der Waals surface area (Å²) in [6.45, 7) is 5.72. The lowest BCUT2D eigenvalue weighted by atomic mass is 10.00. The summed E-state index contributed by atoms with van der Waals surface area (Å²) >= 11 is 0. The number of phenols is 1. The molecule has 20 nitrogen and oxygen atoms in total. The lowest BCUT2D eigenvalue weighted by Crippen LogP contribution is -2.62. The number of aromatic hydroxyl groups is 1. The van der Waals surface area contributed by atoms with Gasteiger partial charge >= 0.3 is 5.97 Å². The molecule has 1 heterocycles. The molecule has 1 fully saturated rings. The van der Waals surface area contributed by atoms with E-state index in [4.69, 9.17) is 5.73 Å². The van der Waals surface area contributed by atoms with Crippen LogP contribution in [-0.4, -0.2) is 140 Å². The smallest absolute Gasteiger partial charge is 0.328 e. The number of benzene rings is 3. The Morgan fingerprint density at radius 3 is 1.51 bits per heavy atom.